The van der Waals surface area contributed by atoms with Crippen LogP contribution in [0.25, 0.3) is 137 Å². The molecule has 6 aliphatic heterocycles. The molecule has 9 nitrogen and oxygen atoms in total. The van der Waals surface area contributed by atoms with Crippen molar-refractivity contribution >= 4 is 260 Å². The monoisotopic (exact) mass is 1990 g/mol. The second kappa shape index (κ2) is 31.0. The number of hydrogen-bond donors (Lipinski definition) is 1. The van der Waals surface area contributed by atoms with Crippen molar-refractivity contribution in [1.29, 1.82) is 0 Å². The second-order valence-electron chi connectivity index (χ2n) is 54.5. The maximum atomic E-state index is 4.52. The van der Waals surface area contributed by atoms with E-state index in [-0.39, 0.29) is 74.3 Å². The minimum absolute atomic E-state index is 0.0680. The number of aromatic nitrogens is 5. The third-order valence-corrected chi connectivity index (χ3v) is 36.9. The molecule has 0 amide bonds. The molecule has 5 aromatic heterocycles. The molecule has 1 N–H and O–H groups in total. The lowest BCUT2D eigenvalue weighted by Gasteiger charge is -2.45. The minimum Gasteiger partial charge on any atom is -0.356 e. The van der Waals surface area contributed by atoms with Crippen molar-refractivity contribution in [3.8, 4) is 28.4 Å². The van der Waals surface area contributed by atoms with Crippen LogP contribution in [0.15, 0.2) is 231 Å². The van der Waals surface area contributed by atoms with Gasteiger partial charge in [-0.1, -0.05) is 281 Å². The van der Waals surface area contributed by atoms with Gasteiger partial charge in [-0.2, -0.15) is 0 Å². The maximum absolute atomic E-state index is 4.52. The Morgan fingerprint density at radius 1 is 0.182 bits per heavy atom. The molecule has 20 aromatic rings. The summed E-state index contributed by atoms with van der Waals surface area (Å²) in [6, 6.07) is 95.8. The summed E-state index contributed by atoms with van der Waals surface area (Å²) in [7, 11) is 0. The first-order chi connectivity index (χ1) is 69.5. The molecule has 15 aromatic carbocycles. The van der Waals surface area contributed by atoms with Gasteiger partial charge in [0, 0.05) is 123 Å². The molecule has 0 fully saturated rings. The highest BCUT2D eigenvalue weighted by molar-refractivity contribution is 8.01. The second-order valence-corrected chi connectivity index (χ2v) is 56.7. The lowest BCUT2D eigenvalue weighted by Crippen LogP contribution is -2.66. The van der Waals surface area contributed by atoms with E-state index in [2.05, 4.69) is 498 Å². The van der Waals surface area contributed by atoms with Gasteiger partial charge in [-0.3, -0.25) is 12.9 Å². The maximum Gasteiger partial charge on any atom is 0.252 e. The standard InChI is InChI=1S/C133H138B3N9S3/c1-124(2,3)72-34-42-103-85(50-72)86-51-73(125(4,5)6)35-43-104(86)138(103)82-62-102-119-114(63-82)141-109-48-40-78(130(19,20)21)56-91(109)93-58-80(132(25,26)27)60-99(122(93)141)134(119)95-68-96-111(70-101(95)137-102)143(146-31)117-66-84(140-107-46-38-76(128(13,14)15)54-89(107)90-55-77(129(16,17)18)39-47-108(90)140)67-118-121(117)135(96)97-69-98-113(71-112(97)145(118)148-33)144(147-32)116-65-83(139-105-44-36-74(126(7,8)9)52-87(105)88-53-75(127(10,11)12)37-45-106(88)139)64-115-120(116)136(98)100-61-81(133(28,29)30)59-94-92-57-79(131(22,23)24)41-49-110(92)142(115)123(94)100/h34-71,137H,1-33H3. The third kappa shape index (κ3) is 13.8. The fourth-order valence-electron chi connectivity index (χ4n) is 26.3. The van der Waals surface area contributed by atoms with E-state index in [0.717, 1.165) is 28.4 Å². The van der Waals surface area contributed by atoms with E-state index in [1.165, 1.54) is 259 Å². The van der Waals surface area contributed by atoms with Crippen molar-refractivity contribution in [2.45, 2.75) is 262 Å². The average molecular weight is 1990 g/mol. The number of hydrogen-bond acceptors (Lipinski definition) is 7. The van der Waals surface area contributed by atoms with Gasteiger partial charge in [0.15, 0.2) is 0 Å². The molecule has 148 heavy (non-hydrogen) atoms. The van der Waals surface area contributed by atoms with Crippen molar-refractivity contribution in [1.82, 2.24) is 22.8 Å². The molecule has 0 aliphatic carbocycles. The number of nitrogens with one attached hydrogen (secondary N) is 1. The molecule has 0 atom stereocenters. The van der Waals surface area contributed by atoms with Gasteiger partial charge < -0.3 is 28.2 Å². The zero-order chi connectivity index (χ0) is 104. The van der Waals surface area contributed by atoms with Gasteiger partial charge in [0.25, 0.3) is 20.1 Å². The van der Waals surface area contributed by atoms with Crippen LogP contribution in [0, 0.1) is 0 Å². The Labute approximate surface area is 889 Å². The van der Waals surface area contributed by atoms with Crippen LogP contribution in [0.4, 0.5) is 45.5 Å². The lowest BCUT2D eigenvalue weighted by molar-refractivity contribution is 0.590. The summed E-state index contributed by atoms with van der Waals surface area (Å²) < 4.78 is 21.3. The van der Waals surface area contributed by atoms with Crippen LogP contribution >= 0.6 is 35.8 Å². The molecule has 0 spiro atoms. The number of nitrogens with zero attached hydrogens (tertiary/aromatic N) is 8. The Morgan fingerprint density at radius 2 is 0.405 bits per heavy atom. The van der Waals surface area contributed by atoms with E-state index in [0.29, 0.717) is 0 Å². The Kier molecular flexibility index (Phi) is 20.0. The predicted molar refractivity (Wildman–Crippen MR) is 655 cm³/mol. The van der Waals surface area contributed by atoms with Gasteiger partial charge in [-0.25, -0.2) is 0 Å². The summed E-state index contributed by atoms with van der Waals surface area (Å²) in [5, 5.41) is 17.4. The van der Waals surface area contributed by atoms with Gasteiger partial charge in [0.2, 0.25) is 0 Å². The van der Waals surface area contributed by atoms with Crippen molar-refractivity contribution in [2.24, 2.45) is 0 Å². The van der Waals surface area contributed by atoms with Crippen molar-refractivity contribution in [3.05, 3.63) is 286 Å². The van der Waals surface area contributed by atoms with E-state index < -0.39 is 0 Å². The number of rotatable bonds is 6. The number of fused-ring (bicyclic) bond motifs is 27. The molecule has 0 unspecified atom stereocenters. The van der Waals surface area contributed by atoms with Gasteiger partial charge in [-0.15, -0.1) is 0 Å². The molecule has 0 saturated heterocycles. The molecule has 15 heteroatoms. The fraction of sp³-hybridized carbons (Fsp3) is 0.323. The van der Waals surface area contributed by atoms with Crippen LogP contribution < -0.4 is 67.4 Å². The summed E-state index contributed by atoms with van der Waals surface area (Å²) in [6.45, 7) is 70.6. The molecular formula is C133H138B3N9S3. The van der Waals surface area contributed by atoms with Gasteiger partial charge >= 0.3 is 0 Å². The fourth-order valence-corrected chi connectivity index (χ4v) is 28.4. The average Bonchev–Trinajstić information content (AvgIpc) is 1.36. The normalized spacial score (nSPS) is 14.7. The van der Waals surface area contributed by atoms with E-state index in [1.807, 2.05) is 35.8 Å². The summed E-state index contributed by atoms with van der Waals surface area (Å²) in [4.78, 5) is 0. The molecule has 742 valence electrons. The SMILES string of the molecule is CSN1c2cc3c(cc2B2c4cc5c(cc4N(SC)c4cc(-n6c7ccc(C(C)(C)C)cc7c7cc(C(C)(C)C)ccc76)cc1c42)N(SC)c1cc(-n2c4ccc(C(C)(C)C)cc4c4cc(C(C)(C)C)ccc42)cc2c1B5c1cc(C(C)(C)C)cc4c5cc(C(C)(C)C)ccc5n-2c14)B1c2c(cc(-n4c5ccc(C(C)(C)C)cc5c5cc(C(C)(C)C)ccc54)cc2-n2c4ccc(C(C)(C)C)cc4c4cc(C(C)(C)C)cc1c42)N3. The molecule has 0 bridgehead atoms. The van der Waals surface area contributed by atoms with E-state index >= 15 is 0 Å². The molecule has 11 heterocycles. The third-order valence-electron chi connectivity index (χ3n) is 34.6. The first kappa shape index (κ1) is 95.4. The zero-order valence-corrected chi connectivity index (χ0v) is 95.4. The van der Waals surface area contributed by atoms with Crippen LogP contribution in [-0.4, -0.2) is 61.7 Å². The largest absolute Gasteiger partial charge is 0.356 e. The van der Waals surface area contributed by atoms with Crippen LogP contribution in [0.5, 0.6) is 0 Å². The highest BCUT2D eigenvalue weighted by atomic mass is 32.2. The Morgan fingerprint density at radius 3 is 0.689 bits per heavy atom. The summed E-state index contributed by atoms with van der Waals surface area (Å²) >= 11 is 5.52. The van der Waals surface area contributed by atoms with Crippen molar-refractivity contribution in [3.63, 3.8) is 0 Å². The quantitative estimate of drug-likeness (QED) is 0.131. The summed E-state index contributed by atoms with van der Waals surface area (Å²) in [5.41, 5.74) is 51.6. The molecular weight excluding hydrogens is 1850 g/mol. The van der Waals surface area contributed by atoms with Crippen molar-refractivity contribution in [2.75, 3.05) is 37.0 Å². The molecule has 0 radical (unpaired) electrons. The first-order valence-corrected chi connectivity index (χ1v) is 57.3. The Bertz CT molecular complexity index is 9140. The summed E-state index contributed by atoms with van der Waals surface area (Å²) in [5.74, 6) is 0. The Balaban J connectivity index is 0.781. The highest BCUT2D eigenvalue weighted by Crippen LogP contribution is 2.54. The van der Waals surface area contributed by atoms with Crippen molar-refractivity contribution < 1.29 is 0 Å². The van der Waals surface area contributed by atoms with Gasteiger partial charge in [0.05, 0.1) is 78.3 Å². The number of anilines is 8. The predicted octanol–water partition coefficient (Wildman–Crippen LogP) is 30.6. The molecule has 26 rings (SSSR count). The van der Waals surface area contributed by atoms with Crippen LogP contribution in [0.1, 0.15) is 263 Å². The van der Waals surface area contributed by atoms with Crippen LogP contribution in [-0.2, 0) is 54.1 Å². The number of benzene rings is 15. The van der Waals surface area contributed by atoms with Crippen LogP contribution in [0.2, 0.25) is 0 Å². The smallest absolute Gasteiger partial charge is 0.252 e. The lowest BCUT2D eigenvalue weighted by atomic mass is 9.29. The topological polar surface area (TPSA) is 46.4 Å². The Hall–Kier alpha value is -12.3. The summed E-state index contributed by atoms with van der Waals surface area (Å²) in [6.07, 6.45) is 7.00. The van der Waals surface area contributed by atoms with E-state index in [1.54, 1.807) is 0 Å². The van der Waals surface area contributed by atoms with Crippen LogP contribution in [0.3, 0.4) is 0 Å². The first-order valence-electron chi connectivity index (χ1n) is 53.8. The van der Waals surface area contributed by atoms with E-state index in [9.17, 15) is 0 Å². The molecule has 6 aliphatic rings. The van der Waals surface area contributed by atoms with Gasteiger partial charge in [0.1, 0.15) is 0 Å². The zero-order valence-electron chi connectivity index (χ0n) is 93.0. The van der Waals surface area contributed by atoms with E-state index in [4.69, 9.17) is 0 Å². The highest BCUT2D eigenvalue weighted by Gasteiger charge is 2.52. The minimum atomic E-state index is -0.276. The molecule has 0 saturated carbocycles. The van der Waals surface area contributed by atoms with Gasteiger partial charge in [-0.05, 0) is 353 Å².